The Balaban J connectivity index is 1.44. The molecule has 2 amide bonds. The highest BCUT2D eigenvalue weighted by Gasteiger charge is 2.30. The Morgan fingerprint density at radius 1 is 0.963 bits per heavy atom. The summed E-state index contributed by atoms with van der Waals surface area (Å²) in [6.45, 7) is 7.17. The highest BCUT2D eigenvalue weighted by molar-refractivity contribution is 5.93. The standard InChI is InChI=1S/C22H33N3O2/c1-16(2)15-23-21(26)17-5-7-18(8-6-17)22(27)24-19-9-11-20(12-10-19)25-13-3-4-14-25/h9-12,16-18H,3-8,13-15H2,1-2H3,(H,23,26)(H,24,27). The number of nitrogens with one attached hydrogen (secondary N) is 2. The van der Waals surface area contributed by atoms with E-state index >= 15 is 0 Å². The SMILES string of the molecule is CC(C)CNC(=O)C1CCC(C(=O)Nc2ccc(N3CCCC3)cc2)CC1. The molecule has 27 heavy (non-hydrogen) atoms. The van der Waals surface area contributed by atoms with Crippen LogP contribution in [0.5, 0.6) is 0 Å². The molecule has 0 aromatic heterocycles. The lowest BCUT2D eigenvalue weighted by molar-refractivity contribution is -0.128. The summed E-state index contributed by atoms with van der Waals surface area (Å²) >= 11 is 0. The van der Waals surface area contributed by atoms with Gasteiger partial charge in [0.2, 0.25) is 11.8 Å². The molecular formula is C22H33N3O2. The summed E-state index contributed by atoms with van der Waals surface area (Å²) in [7, 11) is 0. The van der Waals surface area contributed by atoms with Crippen molar-refractivity contribution in [3.63, 3.8) is 0 Å². The Bertz CT molecular complexity index is 627. The Morgan fingerprint density at radius 2 is 1.52 bits per heavy atom. The molecule has 1 saturated heterocycles. The van der Waals surface area contributed by atoms with Gasteiger partial charge in [-0.1, -0.05) is 13.8 Å². The minimum absolute atomic E-state index is 0.0115. The van der Waals surface area contributed by atoms with Crippen LogP contribution < -0.4 is 15.5 Å². The van der Waals surface area contributed by atoms with E-state index in [-0.39, 0.29) is 23.7 Å². The van der Waals surface area contributed by atoms with Gasteiger partial charge in [-0.15, -0.1) is 0 Å². The van der Waals surface area contributed by atoms with Crippen LogP contribution in [-0.4, -0.2) is 31.4 Å². The smallest absolute Gasteiger partial charge is 0.227 e. The molecule has 1 aromatic carbocycles. The van der Waals surface area contributed by atoms with E-state index in [0.717, 1.165) is 51.0 Å². The first-order chi connectivity index (χ1) is 13.0. The van der Waals surface area contributed by atoms with Gasteiger partial charge in [0.15, 0.2) is 0 Å². The maximum absolute atomic E-state index is 12.6. The molecule has 1 aliphatic heterocycles. The summed E-state index contributed by atoms with van der Waals surface area (Å²) in [4.78, 5) is 27.2. The minimum Gasteiger partial charge on any atom is -0.372 e. The lowest BCUT2D eigenvalue weighted by Gasteiger charge is -2.27. The second kappa shape index (κ2) is 9.25. The third-order valence-electron chi connectivity index (χ3n) is 5.76. The van der Waals surface area contributed by atoms with Crippen molar-refractivity contribution in [1.82, 2.24) is 5.32 Å². The monoisotopic (exact) mass is 371 g/mol. The average molecular weight is 372 g/mol. The molecular weight excluding hydrogens is 338 g/mol. The molecule has 5 nitrogen and oxygen atoms in total. The van der Waals surface area contributed by atoms with Crippen LogP contribution in [0.2, 0.25) is 0 Å². The predicted octanol–water partition coefficient (Wildman–Crippen LogP) is 3.80. The van der Waals surface area contributed by atoms with Gasteiger partial charge in [0.05, 0.1) is 0 Å². The van der Waals surface area contributed by atoms with Crippen LogP contribution in [0, 0.1) is 17.8 Å². The van der Waals surface area contributed by atoms with Crippen LogP contribution in [0.15, 0.2) is 24.3 Å². The molecule has 1 saturated carbocycles. The number of carbonyl (C=O) groups is 2. The molecule has 1 heterocycles. The molecule has 148 valence electrons. The van der Waals surface area contributed by atoms with Gasteiger partial charge in [-0.3, -0.25) is 9.59 Å². The van der Waals surface area contributed by atoms with Crippen molar-refractivity contribution in [3.8, 4) is 0 Å². The average Bonchev–Trinajstić information content (AvgIpc) is 3.21. The zero-order chi connectivity index (χ0) is 19.2. The summed E-state index contributed by atoms with van der Waals surface area (Å²) < 4.78 is 0. The van der Waals surface area contributed by atoms with E-state index in [1.807, 2.05) is 12.1 Å². The molecule has 0 atom stereocenters. The minimum atomic E-state index is 0.0115. The van der Waals surface area contributed by atoms with Crippen molar-refractivity contribution in [1.29, 1.82) is 0 Å². The van der Waals surface area contributed by atoms with Crippen LogP contribution in [0.25, 0.3) is 0 Å². The number of rotatable bonds is 6. The van der Waals surface area contributed by atoms with Crippen LogP contribution in [0.3, 0.4) is 0 Å². The fourth-order valence-electron chi connectivity index (χ4n) is 4.04. The van der Waals surface area contributed by atoms with E-state index in [1.54, 1.807) is 0 Å². The topological polar surface area (TPSA) is 61.4 Å². The van der Waals surface area contributed by atoms with Gasteiger partial charge in [-0.05, 0) is 68.7 Å². The lowest BCUT2D eigenvalue weighted by atomic mass is 9.81. The van der Waals surface area contributed by atoms with Gasteiger partial charge in [0.25, 0.3) is 0 Å². The molecule has 2 N–H and O–H groups in total. The van der Waals surface area contributed by atoms with Gasteiger partial charge >= 0.3 is 0 Å². The van der Waals surface area contributed by atoms with E-state index in [4.69, 9.17) is 0 Å². The van der Waals surface area contributed by atoms with Gasteiger partial charge in [-0.25, -0.2) is 0 Å². The zero-order valence-electron chi connectivity index (χ0n) is 16.7. The first-order valence-corrected chi connectivity index (χ1v) is 10.5. The highest BCUT2D eigenvalue weighted by atomic mass is 16.2. The van der Waals surface area contributed by atoms with Gasteiger partial charge in [-0.2, -0.15) is 0 Å². The van der Waals surface area contributed by atoms with E-state index in [0.29, 0.717) is 5.92 Å². The second-order valence-corrected chi connectivity index (χ2v) is 8.42. The van der Waals surface area contributed by atoms with Crippen LogP contribution in [0.1, 0.15) is 52.4 Å². The summed E-state index contributed by atoms with van der Waals surface area (Å²) in [5.74, 6) is 0.780. The molecule has 3 rings (SSSR count). The van der Waals surface area contributed by atoms with Crippen molar-refractivity contribution in [2.45, 2.75) is 52.4 Å². The van der Waals surface area contributed by atoms with Gasteiger partial charge < -0.3 is 15.5 Å². The fourth-order valence-corrected chi connectivity index (χ4v) is 4.04. The molecule has 2 fully saturated rings. The van der Waals surface area contributed by atoms with E-state index in [1.165, 1.54) is 18.5 Å². The fraction of sp³-hybridized carbons (Fsp3) is 0.636. The lowest BCUT2D eigenvalue weighted by Crippen LogP contribution is -2.37. The largest absolute Gasteiger partial charge is 0.372 e. The van der Waals surface area contributed by atoms with E-state index in [9.17, 15) is 9.59 Å². The van der Waals surface area contributed by atoms with E-state index < -0.39 is 0 Å². The van der Waals surface area contributed by atoms with E-state index in [2.05, 4.69) is 41.5 Å². The number of nitrogens with zero attached hydrogens (tertiary/aromatic N) is 1. The third-order valence-corrected chi connectivity index (χ3v) is 5.76. The molecule has 1 aromatic rings. The highest BCUT2D eigenvalue weighted by Crippen LogP contribution is 2.30. The second-order valence-electron chi connectivity index (χ2n) is 8.42. The number of anilines is 2. The molecule has 0 bridgehead atoms. The molecule has 1 aliphatic carbocycles. The summed E-state index contributed by atoms with van der Waals surface area (Å²) in [6, 6.07) is 8.18. The third kappa shape index (κ3) is 5.47. The number of carbonyl (C=O) groups excluding carboxylic acids is 2. The Kier molecular flexibility index (Phi) is 6.75. The predicted molar refractivity (Wildman–Crippen MR) is 110 cm³/mol. The van der Waals surface area contributed by atoms with Crippen molar-refractivity contribution in [2.24, 2.45) is 17.8 Å². The van der Waals surface area contributed by atoms with Gasteiger partial charge in [0.1, 0.15) is 0 Å². The first-order valence-electron chi connectivity index (χ1n) is 10.5. The van der Waals surface area contributed by atoms with Crippen molar-refractivity contribution in [3.05, 3.63) is 24.3 Å². The van der Waals surface area contributed by atoms with Crippen molar-refractivity contribution < 1.29 is 9.59 Å². The normalized spacial score (nSPS) is 22.7. The molecule has 5 heteroatoms. The van der Waals surface area contributed by atoms with Gasteiger partial charge in [0, 0.05) is 42.8 Å². The summed E-state index contributed by atoms with van der Waals surface area (Å²) in [5, 5.41) is 6.08. The Morgan fingerprint density at radius 3 is 2.07 bits per heavy atom. The number of hydrogen-bond acceptors (Lipinski definition) is 3. The Hall–Kier alpha value is -2.04. The molecule has 0 spiro atoms. The summed E-state index contributed by atoms with van der Waals surface area (Å²) in [5.41, 5.74) is 2.10. The zero-order valence-corrected chi connectivity index (χ0v) is 16.7. The Labute approximate surface area is 162 Å². The number of benzene rings is 1. The molecule has 0 unspecified atom stereocenters. The number of hydrogen-bond donors (Lipinski definition) is 2. The van der Waals surface area contributed by atoms with Crippen LogP contribution >= 0.6 is 0 Å². The molecule has 0 radical (unpaired) electrons. The maximum Gasteiger partial charge on any atom is 0.227 e. The molecule has 2 aliphatic rings. The van der Waals surface area contributed by atoms with Crippen molar-refractivity contribution in [2.75, 3.05) is 29.9 Å². The maximum atomic E-state index is 12.6. The first kappa shape index (κ1) is 19.7. The summed E-state index contributed by atoms with van der Waals surface area (Å²) in [6.07, 6.45) is 5.70. The number of amides is 2. The van der Waals surface area contributed by atoms with Crippen molar-refractivity contribution >= 4 is 23.2 Å². The van der Waals surface area contributed by atoms with Crippen LogP contribution in [0.4, 0.5) is 11.4 Å². The van der Waals surface area contributed by atoms with Crippen LogP contribution in [-0.2, 0) is 9.59 Å². The quantitative estimate of drug-likeness (QED) is 0.799.